The van der Waals surface area contributed by atoms with Gasteiger partial charge in [0.05, 0.1) is 0 Å². The minimum atomic E-state index is -0.965. The van der Waals surface area contributed by atoms with E-state index in [0.29, 0.717) is 0 Å². The highest BCUT2D eigenvalue weighted by molar-refractivity contribution is 5.87. The second kappa shape index (κ2) is 7.65. The van der Waals surface area contributed by atoms with Gasteiger partial charge in [-0.1, -0.05) is 31.9 Å². The molecule has 0 aliphatic rings. The van der Waals surface area contributed by atoms with Crippen LogP contribution in [0, 0.1) is 5.92 Å². The second-order valence-electron chi connectivity index (χ2n) is 4.12. The Hall–Kier alpha value is -1.58. The van der Waals surface area contributed by atoms with Gasteiger partial charge in [0, 0.05) is 11.1 Å². The van der Waals surface area contributed by atoms with Gasteiger partial charge in [-0.15, -0.1) is 0 Å². The zero-order valence-electron chi connectivity index (χ0n) is 10.6. The Morgan fingerprint density at radius 3 is 1.76 bits per heavy atom. The fourth-order valence-electron chi connectivity index (χ4n) is 1.44. The summed E-state index contributed by atoms with van der Waals surface area (Å²) in [4.78, 5) is 21.4. The van der Waals surface area contributed by atoms with Gasteiger partial charge in [-0.25, -0.2) is 9.59 Å². The monoisotopic (exact) mass is 240 g/mol. The van der Waals surface area contributed by atoms with Gasteiger partial charge >= 0.3 is 11.9 Å². The quantitative estimate of drug-likeness (QED) is 0.671. The molecule has 0 atom stereocenters. The summed E-state index contributed by atoms with van der Waals surface area (Å²) < 4.78 is 0. The molecule has 0 saturated carbocycles. The van der Waals surface area contributed by atoms with Crippen molar-refractivity contribution >= 4 is 11.9 Å². The summed E-state index contributed by atoms with van der Waals surface area (Å²) in [6.45, 7) is 5.08. The molecule has 2 N–H and O–H groups in total. The number of unbranched alkanes of at least 4 members (excludes halogenated alkanes) is 1. The van der Waals surface area contributed by atoms with Crippen LogP contribution in [0.4, 0.5) is 0 Å². The summed E-state index contributed by atoms with van der Waals surface area (Å²) in [5, 5.41) is 17.6. The molecule has 0 amide bonds. The zero-order chi connectivity index (χ0) is 13.4. The first kappa shape index (κ1) is 15.4. The van der Waals surface area contributed by atoms with Crippen LogP contribution in [-0.4, -0.2) is 22.2 Å². The molecule has 0 saturated heterocycles. The lowest BCUT2D eigenvalue weighted by molar-refractivity contribution is -0.133. The molecule has 96 valence electrons. The van der Waals surface area contributed by atoms with E-state index in [1.165, 1.54) is 13.8 Å². The van der Waals surface area contributed by atoms with E-state index in [1.807, 2.05) is 6.92 Å². The molecule has 0 heterocycles. The third kappa shape index (κ3) is 6.56. The molecule has 0 rings (SSSR count). The fourth-order valence-corrected chi connectivity index (χ4v) is 1.44. The van der Waals surface area contributed by atoms with Crippen molar-refractivity contribution in [3.63, 3.8) is 0 Å². The Bertz CT molecular complexity index is 309. The van der Waals surface area contributed by atoms with Crippen molar-refractivity contribution in [2.45, 2.75) is 40.0 Å². The van der Waals surface area contributed by atoms with Gasteiger partial charge in [0.25, 0.3) is 0 Å². The number of carbonyl (C=O) groups is 2. The van der Waals surface area contributed by atoms with E-state index >= 15 is 0 Å². The lowest BCUT2D eigenvalue weighted by atomic mass is 9.97. The van der Waals surface area contributed by atoms with E-state index in [2.05, 4.69) is 0 Å². The first-order chi connectivity index (χ1) is 7.88. The summed E-state index contributed by atoms with van der Waals surface area (Å²) in [5.74, 6) is -2.05. The molecule has 0 aliphatic carbocycles. The highest BCUT2D eigenvalue weighted by atomic mass is 16.4. The molecule has 4 nitrogen and oxygen atoms in total. The van der Waals surface area contributed by atoms with Crippen molar-refractivity contribution in [1.82, 2.24) is 0 Å². The molecule has 0 aromatic heterocycles. The number of aliphatic carboxylic acids is 2. The molecule has 17 heavy (non-hydrogen) atoms. The average Bonchev–Trinajstić information content (AvgIpc) is 2.25. The Morgan fingerprint density at radius 1 is 1.06 bits per heavy atom. The molecule has 0 bridgehead atoms. The minimum absolute atomic E-state index is 0.123. The summed E-state index contributed by atoms with van der Waals surface area (Å²) >= 11 is 0. The van der Waals surface area contributed by atoms with E-state index in [-0.39, 0.29) is 17.1 Å². The Balaban J connectivity index is 4.88. The first-order valence-electron chi connectivity index (χ1n) is 5.71. The number of allylic oxidation sites excluding steroid dienone is 2. The van der Waals surface area contributed by atoms with Gasteiger partial charge in [-0.2, -0.15) is 0 Å². The average molecular weight is 240 g/mol. The minimum Gasteiger partial charge on any atom is -0.478 e. The number of hydrogen-bond donors (Lipinski definition) is 2. The number of carboxylic acids is 2. The van der Waals surface area contributed by atoms with Crippen molar-refractivity contribution in [3.8, 4) is 0 Å². The number of carboxylic acid groups (broad SMARTS) is 2. The lowest BCUT2D eigenvalue weighted by Crippen LogP contribution is -2.04. The van der Waals surface area contributed by atoms with Crippen LogP contribution < -0.4 is 0 Å². The SMILES string of the molecule is CCCCC(/C=C(\C)C(=O)O)/C=C(\C)C(=O)O. The van der Waals surface area contributed by atoms with E-state index < -0.39 is 11.9 Å². The molecular formula is C13H20O4. The van der Waals surface area contributed by atoms with Gasteiger partial charge in [-0.3, -0.25) is 0 Å². The van der Waals surface area contributed by atoms with Crippen LogP contribution in [0.5, 0.6) is 0 Å². The molecule has 0 spiro atoms. The van der Waals surface area contributed by atoms with Crippen LogP contribution in [0.15, 0.2) is 23.3 Å². The number of hydrogen-bond acceptors (Lipinski definition) is 2. The van der Waals surface area contributed by atoms with E-state index in [4.69, 9.17) is 10.2 Å². The van der Waals surface area contributed by atoms with Crippen LogP contribution in [0.1, 0.15) is 40.0 Å². The second-order valence-corrected chi connectivity index (χ2v) is 4.12. The van der Waals surface area contributed by atoms with Gasteiger partial charge < -0.3 is 10.2 Å². The Morgan fingerprint density at radius 2 is 1.47 bits per heavy atom. The van der Waals surface area contributed by atoms with Crippen LogP contribution in [-0.2, 0) is 9.59 Å². The zero-order valence-corrected chi connectivity index (χ0v) is 10.6. The van der Waals surface area contributed by atoms with E-state index in [0.717, 1.165) is 19.3 Å². The van der Waals surface area contributed by atoms with Crippen molar-refractivity contribution < 1.29 is 19.8 Å². The van der Waals surface area contributed by atoms with E-state index in [1.54, 1.807) is 12.2 Å². The third-order valence-electron chi connectivity index (χ3n) is 2.49. The fraction of sp³-hybridized carbons (Fsp3) is 0.538. The molecule has 0 unspecified atom stereocenters. The third-order valence-corrected chi connectivity index (χ3v) is 2.49. The molecule has 0 aromatic carbocycles. The number of rotatable bonds is 7. The first-order valence-corrected chi connectivity index (χ1v) is 5.71. The molecule has 0 aromatic rings. The van der Waals surface area contributed by atoms with E-state index in [9.17, 15) is 9.59 Å². The molecule has 4 heteroatoms. The van der Waals surface area contributed by atoms with Crippen molar-refractivity contribution in [1.29, 1.82) is 0 Å². The predicted octanol–water partition coefficient (Wildman–Crippen LogP) is 2.85. The topological polar surface area (TPSA) is 74.6 Å². The standard InChI is InChI=1S/C13H20O4/c1-4-5-6-11(7-9(2)12(14)15)8-10(3)13(16)17/h7-8,11H,4-6H2,1-3H3,(H,14,15)(H,16,17)/b9-7+,10-8+. The van der Waals surface area contributed by atoms with Crippen molar-refractivity contribution in [2.24, 2.45) is 5.92 Å². The smallest absolute Gasteiger partial charge is 0.330 e. The van der Waals surface area contributed by atoms with Crippen LogP contribution >= 0.6 is 0 Å². The maximum absolute atomic E-state index is 10.7. The molecule has 0 fully saturated rings. The maximum atomic E-state index is 10.7. The van der Waals surface area contributed by atoms with Crippen LogP contribution in [0.25, 0.3) is 0 Å². The Kier molecular flexibility index (Phi) is 6.94. The normalized spacial score (nSPS) is 12.9. The highest BCUT2D eigenvalue weighted by Crippen LogP contribution is 2.16. The van der Waals surface area contributed by atoms with Crippen LogP contribution in [0.2, 0.25) is 0 Å². The predicted molar refractivity (Wildman–Crippen MR) is 65.8 cm³/mol. The molecule has 0 aliphatic heterocycles. The lowest BCUT2D eigenvalue weighted by Gasteiger charge is -2.09. The summed E-state index contributed by atoms with van der Waals surface area (Å²) in [6, 6.07) is 0. The van der Waals surface area contributed by atoms with Gasteiger partial charge in [0.2, 0.25) is 0 Å². The Labute approximate surface area is 102 Å². The van der Waals surface area contributed by atoms with Crippen LogP contribution in [0.3, 0.4) is 0 Å². The van der Waals surface area contributed by atoms with Crippen molar-refractivity contribution in [2.75, 3.05) is 0 Å². The summed E-state index contributed by atoms with van der Waals surface area (Å²) in [7, 11) is 0. The summed E-state index contributed by atoms with van der Waals surface area (Å²) in [6.07, 6.45) is 5.94. The highest BCUT2D eigenvalue weighted by Gasteiger charge is 2.09. The van der Waals surface area contributed by atoms with Gasteiger partial charge in [-0.05, 0) is 26.2 Å². The summed E-state index contributed by atoms with van der Waals surface area (Å²) in [5.41, 5.74) is 0.501. The van der Waals surface area contributed by atoms with Gasteiger partial charge in [0.15, 0.2) is 0 Å². The van der Waals surface area contributed by atoms with Crippen molar-refractivity contribution in [3.05, 3.63) is 23.3 Å². The van der Waals surface area contributed by atoms with Gasteiger partial charge in [0.1, 0.15) is 0 Å². The maximum Gasteiger partial charge on any atom is 0.330 e. The molecular weight excluding hydrogens is 220 g/mol. The molecule has 0 radical (unpaired) electrons. The largest absolute Gasteiger partial charge is 0.478 e.